The largest absolute Gasteiger partial charge is 0.435 e. The lowest BCUT2D eigenvalue weighted by atomic mass is 10.1. The summed E-state index contributed by atoms with van der Waals surface area (Å²) in [5, 5.41) is 4.47. The molecule has 32 heavy (non-hydrogen) atoms. The van der Waals surface area contributed by atoms with Crippen LogP contribution in [0.15, 0.2) is 108 Å². The molecule has 4 nitrogen and oxygen atoms in total. The van der Waals surface area contributed by atoms with Crippen LogP contribution < -0.4 is 0 Å². The predicted molar refractivity (Wildman–Crippen MR) is 129 cm³/mol. The summed E-state index contributed by atoms with van der Waals surface area (Å²) in [5.41, 5.74) is 4.77. The van der Waals surface area contributed by atoms with Gasteiger partial charge in [0.05, 0.1) is 16.4 Å². The van der Waals surface area contributed by atoms with Crippen molar-refractivity contribution in [3.8, 4) is 17.3 Å². The summed E-state index contributed by atoms with van der Waals surface area (Å²) in [5.74, 6) is 1.52. The third-order valence-corrected chi connectivity index (χ3v) is 6.06. The van der Waals surface area contributed by atoms with Crippen LogP contribution in [0.2, 0.25) is 0 Å². The summed E-state index contributed by atoms with van der Waals surface area (Å²) in [6.07, 6.45) is 1.94. The molecule has 0 atom stereocenters. The van der Waals surface area contributed by atoms with E-state index in [1.165, 1.54) is 0 Å². The molecule has 7 aromatic rings. The summed E-state index contributed by atoms with van der Waals surface area (Å²) >= 11 is 0. The van der Waals surface area contributed by atoms with Gasteiger partial charge >= 0.3 is 0 Å². The molecular weight excluding hydrogens is 394 g/mol. The maximum atomic E-state index is 6.35. The molecule has 0 aliphatic carbocycles. The van der Waals surface area contributed by atoms with E-state index in [0.29, 0.717) is 5.89 Å². The molecule has 0 saturated carbocycles. The molecule has 7 rings (SSSR count). The number of pyridine rings is 1. The smallest absolute Gasteiger partial charge is 0.227 e. The molecule has 0 saturated heterocycles. The van der Waals surface area contributed by atoms with Crippen LogP contribution in [-0.2, 0) is 0 Å². The Balaban J connectivity index is 1.57. The minimum absolute atomic E-state index is 0.633. The van der Waals surface area contributed by atoms with Crippen LogP contribution in [0.5, 0.6) is 0 Å². The average Bonchev–Trinajstić information content (AvgIpc) is 3.43. The molecule has 0 bridgehead atoms. The molecular formula is C28H17N3O. The molecule has 0 amide bonds. The first-order chi connectivity index (χ1) is 15.9. The SMILES string of the molecule is c1ccc(-c2nc3ccc4c(c5ccccc5n4-c4cc5ccccc5cn4)c3o2)cc1. The number of oxazole rings is 1. The molecule has 0 aliphatic heterocycles. The number of aromatic nitrogens is 3. The first-order valence-electron chi connectivity index (χ1n) is 10.6. The first kappa shape index (κ1) is 17.3. The van der Waals surface area contributed by atoms with Crippen LogP contribution in [0.3, 0.4) is 0 Å². The van der Waals surface area contributed by atoms with Crippen molar-refractivity contribution >= 4 is 43.7 Å². The maximum absolute atomic E-state index is 6.35. The molecule has 0 N–H and O–H groups in total. The number of hydrogen-bond acceptors (Lipinski definition) is 3. The third-order valence-electron chi connectivity index (χ3n) is 6.06. The average molecular weight is 411 g/mol. The lowest BCUT2D eigenvalue weighted by molar-refractivity contribution is 0.623. The molecule has 3 aromatic heterocycles. The van der Waals surface area contributed by atoms with Gasteiger partial charge in [-0.1, -0.05) is 60.7 Å². The normalized spacial score (nSPS) is 11.8. The fourth-order valence-corrected chi connectivity index (χ4v) is 4.58. The molecule has 4 aromatic carbocycles. The second-order valence-electron chi connectivity index (χ2n) is 7.94. The van der Waals surface area contributed by atoms with E-state index in [9.17, 15) is 0 Å². The Hall–Kier alpha value is -4.44. The zero-order valence-corrected chi connectivity index (χ0v) is 17.1. The fourth-order valence-electron chi connectivity index (χ4n) is 4.58. The van der Waals surface area contributed by atoms with Crippen molar-refractivity contribution in [1.29, 1.82) is 0 Å². The monoisotopic (exact) mass is 411 g/mol. The predicted octanol–water partition coefficient (Wildman–Crippen LogP) is 7.14. The van der Waals surface area contributed by atoms with Crippen LogP contribution in [0.1, 0.15) is 0 Å². The van der Waals surface area contributed by atoms with E-state index in [0.717, 1.165) is 55.1 Å². The topological polar surface area (TPSA) is 43.9 Å². The Kier molecular flexibility index (Phi) is 3.52. The van der Waals surface area contributed by atoms with Gasteiger partial charge in [-0.2, -0.15) is 0 Å². The van der Waals surface area contributed by atoms with E-state index in [1.807, 2.05) is 48.7 Å². The van der Waals surface area contributed by atoms with Gasteiger partial charge in [-0.05, 0) is 41.8 Å². The lowest BCUT2D eigenvalue weighted by Crippen LogP contribution is -1.97. The Bertz CT molecular complexity index is 1780. The summed E-state index contributed by atoms with van der Waals surface area (Å²) in [4.78, 5) is 9.57. The van der Waals surface area contributed by atoms with Gasteiger partial charge in [-0.25, -0.2) is 9.97 Å². The fraction of sp³-hybridized carbons (Fsp3) is 0. The van der Waals surface area contributed by atoms with Gasteiger partial charge in [-0.15, -0.1) is 0 Å². The summed E-state index contributed by atoms with van der Waals surface area (Å²) in [6.45, 7) is 0. The highest BCUT2D eigenvalue weighted by atomic mass is 16.3. The number of para-hydroxylation sites is 1. The molecule has 0 fully saturated rings. The number of benzene rings is 4. The van der Waals surface area contributed by atoms with E-state index in [2.05, 4.69) is 59.2 Å². The first-order valence-corrected chi connectivity index (χ1v) is 10.6. The molecule has 0 radical (unpaired) electrons. The minimum Gasteiger partial charge on any atom is -0.435 e. The molecule has 0 unspecified atom stereocenters. The van der Waals surface area contributed by atoms with Gasteiger partial charge in [-0.3, -0.25) is 4.57 Å². The van der Waals surface area contributed by atoms with Gasteiger partial charge in [0.1, 0.15) is 11.3 Å². The lowest BCUT2D eigenvalue weighted by Gasteiger charge is -2.08. The van der Waals surface area contributed by atoms with E-state index >= 15 is 0 Å². The molecule has 150 valence electrons. The molecule has 0 aliphatic rings. The van der Waals surface area contributed by atoms with Crippen molar-refractivity contribution in [3.05, 3.63) is 103 Å². The van der Waals surface area contributed by atoms with Gasteiger partial charge in [0.25, 0.3) is 0 Å². The Morgan fingerprint density at radius 1 is 0.688 bits per heavy atom. The summed E-state index contributed by atoms with van der Waals surface area (Å²) in [6, 6.07) is 33.0. The van der Waals surface area contributed by atoms with E-state index in [-0.39, 0.29) is 0 Å². The van der Waals surface area contributed by atoms with E-state index in [4.69, 9.17) is 14.4 Å². The molecule has 4 heteroatoms. The van der Waals surface area contributed by atoms with E-state index in [1.54, 1.807) is 0 Å². The van der Waals surface area contributed by atoms with Gasteiger partial charge < -0.3 is 4.42 Å². The third kappa shape index (κ3) is 2.44. The van der Waals surface area contributed by atoms with Crippen molar-refractivity contribution in [1.82, 2.24) is 14.5 Å². The number of rotatable bonds is 2. The standard InChI is InChI=1S/C28H17N3O/c1-2-8-18(9-3-1)28-30-22-14-15-24-26(27(22)32-28)21-12-6-7-13-23(21)31(24)25-16-19-10-4-5-11-20(19)17-29-25/h1-17H. The van der Waals surface area contributed by atoms with Crippen LogP contribution in [0, 0.1) is 0 Å². The van der Waals surface area contributed by atoms with Gasteiger partial charge in [0, 0.05) is 22.5 Å². The number of fused-ring (bicyclic) bond motifs is 6. The second kappa shape index (κ2) is 6.53. The van der Waals surface area contributed by atoms with Crippen LogP contribution >= 0.6 is 0 Å². The van der Waals surface area contributed by atoms with Gasteiger partial charge in [0.2, 0.25) is 5.89 Å². The number of nitrogens with zero attached hydrogens (tertiary/aromatic N) is 3. The zero-order chi connectivity index (χ0) is 21.1. The van der Waals surface area contributed by atoms with Crippen molar-refractivity contribution in [3.63, 3.8) is 0 Å². The maximum Gasteiger partial charge on any atom is 0.227 e. The number of hydrogen-bond donors (Lipinski definition) is 0. The highest BCUT2D eigenvalue weighted by Crippen LogP contribution is 2.38. The second-order valence-corrected chi connectivity index (χ2v) is 7.94. The van der Waals surface area contributed by atoms with Crippen molar-refractivity contribution < 1.29 is 4.42 Å². The zero-order valence-electron chi connectivity index (χ0n) is 17.1. The highest BCUT2D eigenvalue weighted by molar-refractivity contribution is 6.19. The van der Waals surface area contributed by atoms with Crippen LogP contribution in [0.25, 0.3) is 61.0 Å². The Morgan fingerprint density at radius 2 is 1.47 bits per heavy atom. The molecule has 3 heterocycles. The Morgan fingerprint density at radius 3 is 2.38 bits per heavy atom. The minimum atomic E-state index is 0.633. The van der Waals surface area contributed by atoms with Crippen molar-refractivity contribution in [2.45, 2.75) is 0 Å². The molecule has 0 spiro atoms. The van der Waals surface area contributed by atoms with Gasteiger partial charge in [0.15, 0.2) is 5.58 Å². The highest BCUT2D eigenvalue weighted by Gasteiger charge is 2.19. The summed E-state index contributed by atoms with van der Waals surface area (Å²) in [7, 11) is 0. The van der Waals surface area contributed by atoms with E-state index < -0.39 is 0 Å². The quantitative estimate of drug-likeness (QED) is 0.304. The van der Waals surface area contributed by atoms with Crippen molar-refractivity contribution in [2.75, 3.05) is 0 Å². The Labute approximate surface area is 183 Å². The van der Waals surface area contributed by atoms with Crippen molar-refractivity contribution in [2.24, 2.45) is 0 Å². The van der Waals surface area contributed by atoms with Crippen LogP contribution in [0.4, 0.5) is 0 Å². The summed E-state index contributed by atoms with van der Waals surface area (Å²) < 4.78 is 8.56. The van der Waals surface area contributed by atoms with Crippen LogP contribution in [-0.4, -0.2) is 14.5 Å².